The van der Waals surface area contributed by atoms with E-state index < -0.39 is 35.6 Å². The molecule has 1 aromatic rings. The lowest BCUT2D eigenvalue weighted by molar-refractivity contribution is -0.142. The number of benzene rings is 1. The average molecular weight is 343 g/mol. The number of rotatable bonds is 7. The Kier molecular flexibility index (Phi) is 5.51. The van der Waals surface area contributed by atoms with Crippen molar-refractivity contribution in [2.75, 3.05) is 0 Å². The summed E-state index contributed by atoms with van der Waals surface area (Å²) >= 11 is 0. The molecule has 0 radical (unpaired) electrons. The van der Waals surface area contributed by atoms with Crippen molar-refractivity contribution in [3.63, 3.8) is 0 Å². The normalized spacial score (nSPS) is 17.2. The van der Waals surface area contributed by atoms with Crippen molar-refractivity contribution < 1.29 is 27.9 Å². The summed E-state index contributed by atoms with van der Waals surface area (Å²) in [6, 6.07) is 3.91. The Bertz CT molecular complexity index is 611. The molecule has 2 unspecified atom stereocenters. The van der Waals surface area contributed by atoms with Crippen molar-refractivity contribution in [1.82, 2.24) is 5.32 Å². The molecule has 1 aromatic carbocycles. The van der Waals surface area contributed by atoms with E-state index in [1.54, 1.807) is 6.92 Å². The molecular weight excluding hydrogens is 323 g/mol. The first-order valence-corrected chi connectivity index (χ1v) is 7.86. The number of aliphatic carboxylic acids is 1. The zero-order chi connectivity index (χ0) is 17.9. The molecule has 1 fully saturated rings. The summed E-state index contributed by atoms with van der Waals surface area (Å²) < 4.78 is 38.2. The molecule has 132 valence electrons. The second kappa shape index (κ2) is 7.23. The summed E-state index contributed by atoms with van der Waals surface area (Å²) in [5, 5.41) is 11.6. The molecule has 1 amide bonds. The van der Waals surface area contributed by atoms with E-state index in [9.17, 15) is 22.8 Å². The lowest BCUT2D eigenvalue weighted by Crippen LogP contribution is -2.41. The molecule has 0 saturated heterocycles. The fraction of sp³-hybridized carbons (Fsp3) is 0.529. The highest BCUT2D eigenvalue weighted by atomic mass is 19.4. The number of carboxylic acid groups (broad SMARTS) is 1. The summed E-state index contributed by atoms with van der Waals surface area (Å²) in [5.41, 5.74) is -0.363. The van der Waals surface area contributed by atoms with Gasteiger partial charge >= 0.3 is 12.1 Å². The van der Waals surface area contributed by atoms with E-state index in [1.807, 2.05) is 0 Å². The molecule has 24 heavy (non-hydrogen) atoms. The summed E-state index contributed by atoms with van der Waals surface area (Å²) in [6.45, 7) is 1.64. The number of carboxylic acids is 1. The molecule has 4 nitrogen and oxygen atoms in total. The van der Waals surface area contributed by atoms with Crippen molar-refractivity contribution in [2.45, 2.75) is 50.7 Å². The Morgan fingerprint density at radius 3 is 2.54 bits per heavy atom. The minimum atomic E-state index is -4.43. The van der Waals surface area contributed by atoms with Crippen LogP contribution in [0.1, 0.15) is 49.7 Å². The molecule has 1 aliphatic carbocycles. The number of hydrogen-bond donors (Lipinski definition) is 2. The lowest BCUT2D eigenvalue weighted by atomic mass is 9.95. The van der Waals surface area contributed by atoms with Crippen LogP contribution in [0.15, 0.2) is 24.3 Å². The first-order chi connectivity index (χ1) is 11.2. The van der Waals surface area contributed by atoms with Gasteiger partial charge in [-0.3, -0.25) is 4.79 Å². The largest absolute Gasteiger partial charge is 0.480 e. The third-order valence-corrected chi connectivity index (χ3v) is 4.17. The maximum Gasteiger partial charge on any atom is 0.416 e. The van der Waals surface area contributed by atoms with E-state index in [0.717, 1.165) is 25.0 Å². The molecule has 0 aromatic heterocycles. The smallest absolute Gasteiger partial charge is 0.416 e. The monoisotopic (exact) mass is 343 g/mol. The number of nitrogens with one attached hydrogen (secondary N) is 1. The van der Waals surface area contributed by atoms with Gasteiger partial charge in [0.25, 0.3) is 0 Å². The fourth-order valence-electron chi connectivity index (χ4n) is 2.58. The third kappa shape index (κ3) is 5.25. The van der Waals surface area contributed by atoms with Gasteiger partial charge in [-0.2, -0.15) is 13.2 Å². The van der Waals surface area contributed by atoms with Crippen LogP contribution in [-0.4, -0.2) is 23.0 Å². The Hall–Kier alpha value is -2.05. The van der Waals surface area contributed by atoms with Gasteiger partial charge in [-0.05, 0) is 29.9 Å². The summed E-state index contributed by atoms with van der Waals surface area (Å²) in [5.74, 6) is -1.65. The predicted octanol–water partition coefficient (Wildman–Crippen LogP) is 3.57. The van der Waals surface area contributed by atoms with Crippen LogP contribution in [-0.2, 0) is 15.8 Å². The zero-order valence-corrected chi connectivity index (χ0v) is 13.3. The molecule has 1 saturated carbocycles. The van der Waals surface area contributed by atoms with Crippen molar-refractivity contribution in [3.05, 3.63) is 35.4 Å². The zero-order valence-electron chi connectivity index (χ0n) is 13.3. The molecule has 2 N–H and O–H groups in total. The van der Waals surface area contributed by atoms with Gasteiger partial charge in [0.1, 0.15) is 6.04 Å². The van der Waals surface area contributed by atoms with Crippen LogP contribution in [0.2, 0.25) is 0 Å². The van der Waals surface area contributed by atoms with Gasteiger partial charge in [-0.1, -0.05) is 38.0 Å². The average Bonchev–Trinajstić information content (AvgIpc) is 3.29. The molecule has 2 atom stereocenters. The highest BCUT2D eigenvalue weighted by Gasteiger charge is 2.32. The van der Waals surface area contributed by atoms with Gasteiger partial charge in [0.05, 0.1) is 5.56 Å². The van der Waals surface area contributed by atoms with Crippen LogP contribution < -0.4 is 5.32 Å². The third-order valence-electron chi connectivity index (χ3n) is 4.17. The Balaban J connectivity index is 1.96. The summed E-state index contributed by atoms with van der Waals surface area (Å²) in [4.78, 5) is 23.2. The minimum absolute atomic E-state index is 0.0598. The van der Waals surface area contributed by atoms with E-state index in [0.29, 0.717) is 17.9 Å². The number of carbonyl (C=O) groups is 2. The van der Waals surface area contributed by atoms with Crippen molar-refractivity contribution in [1.29, 1.82) is 0 Å². The van der Waals surface area contributed by atoms with Crippen molar-refractivity contribution in [3.8, 4) is 0 Å². The number of amides is 1. The van der Waals surface area contributed by atoms with Gasteiger partial charge in [-0.15, -0.1) is 0 Å². The van der Waals surface area contributed by atoms with Crippen molar-refractivity contribution >= 4 is 11.9 Å². The molecule has 0 heterocycles. The minimum Gasteiger partial charge on any atom is -0.480 e. The van der Waals surface area contributed by atoms with Gasteiger partial charge in [-0.25, -0.2) is 4.79 Å². The quantitative estimate of drug-likeness (QED) is 0.795. The Labute approximate surface area is 138 Å². The van der Waals surface area contributed by atoms with Crippen LogP contribution >= 0.6 is 0 Å². The number of halogens is 3. The lowest BCUT2D eigenvalue weighted by Gasteiger charge is -2.17. The van der Waals surface area contributed by atoms with E-state index in [1.165, 1.54) is 12.1 Å². The van der Waals surface area contributed by atoms with Crippen LogP contribution in [0.3, 0.4) is 0 Å². The molecule has 2 rings (SSSR count). The van der Waals surface area contributed by atoms with Gasteiger partial charge in [0.2, 0.25) is 5.91 Å². The molecule has 0 spiro atoms. The number of alkyl halides is 3. The maximum absolute atomic E-state index is 12.7. The van der Waals surface area contributed by atoms with Gasteiger partial charge < -0.3 is 10.4 Å². The maximum atomic E-state index is 12.7. The van der Waals surface area contributed by atoms with Crippen LogP contribution in [0.5, 0.6) is 0 Å². The van der Waals surface area contributed by atoms with E-state index in [2.05, 4.69) is 5.32 Å². The first kappa shape index (κ1) is 18.3. The molecule has 7 heteroatoms. The van der Waals surface area contributed by atoms with Crippen molar-refractivity contribution in [2.24, 2.45) is 5.92 Å². The summed E-state index contributed by atoms with van der Waals surface area (Å²) in [7, 11) is 0. The highest BCUT2D eigenvalue weighted by molar-refractivity contribution is 5.84. The van der Waals surface area contributed by atoms with E-state index in [-0.39, 0.29) is 6.42 Å². The SMILES string of the molecule is CC(CC(=O)NC(CC1CC1)C(=O)O)c1cccc(C(F)(F)F)c1. The molecular formula is C17H20F3NO3. The Morgan fingerprint density at radius 1 is 1.33 bits per heavy atom. The standard InChI is InChI=1S/C17H20F3NO3/c1-10(12-3-2-4-13(9-12)17(18,19)20)7-15(22)21-14(16(23)24)8-11-5-6-11/h2-4,9-11,14H,5-8H2,1H3,(H,21,22)(H,23,24). The number of carbonyl (C=O) groups excluding carboxylic acids is 1. The second-order valence-electron chi connectivity index (χ2n) is 6.37. The molecule has 0 aliphatic heterocycles. The van der Waals surface area contributed by atoms with Crippen LogP contribution in [0, 0.1) is 5.92 Å². The van der Waals surface area contributed by atoms with Crippen LogP contribution in [0.25, 0.3) is 0 Å². The highest BCUT2D eigenvalue weighted by Crippen LogP contribution is 2.34. The van der Waals surface area contributed by atoms with Gasteiger partial charge in [0, 0.05) is 6.42 Å². The van der Waals surface area contributed by atoms with E-state index in [4.69, 9.17) is 5.11 Å². The Morgan fingerprint density at radius 2 is 2.00 bits per heavy atom. The first-order valence-electron chi connectivity index (χ1n) is 7.86. The molecule has 1 aliphatic rings. The molecule has 0 bridgehead atoms. The summed E-state index contributed by atoms with van der Waals surface area (Å²) in [6.07, 6.45) is -2.15. The second-order valence-corrected chi connectivity index (χ2v) is 6.37. The fourth-order valence-corrected chi connectivity index (χ4v) is 2.58. The predicted molar refractivity (Wildman–Crippen MR) is 81.4 cm³/mol. The number of hydrogen-bond acceptors (Lipinski definition) is 2. The van der Waals surface area contributed by atoms with Gasteiger partial charge in [0.15, 0.2) is 0 Å². The van der Waals surface area contributed by atoms with E-state index >= 15 is 0 Å². The topological polar surface area (TPSA) is 66.4 Å². The van der Waals surface area contributed by atoms with Crippen LogP contribution in [0.4, 0.5) is 13.2 Å².